The van der Waals surface area contributed by atoms with Gasteiger partial charge < -0.3 is 10.1 Å². The maximum Gasteiger partial charge on any atom is 0.311 e. The molecule has 0 aliphatic heterocycles. The van der Waals surface area contributed by atoms with Crippen molar-refractivity contribution in [1.29, 1.82) is 0 Å². The summed E-state index contributed by atoms with van der Waals surface area (Å²) in [6.45, 7) is 2.49. The lowest BCUT2D eigenvalue weighted by molar-refractivity contribution is -0.142. The Balaban J connectivity index is 1.90. The number of hydrogen-bond acceptors (Lipinski definition) is 5. The lowest BCUT2D eigenvalue weighted by atomic mass is 10.2. The second kappa shape index (κ2) is 7.00. The highest BCUT2D eigenvalue weighted by molar-refractivity contribution is 7.13. The molecule has 0 amide bonds. The minimum absolute atomic E-state index is 0.158. The number of ether oxygens (including phenoxy) is 1. The predicted molar refractivity (Wildman–Crippen MR) is 76.2 cm³/mol. The molecule has 0 saturated carbocycles. The second-order valence-electron chi connectivity index (χ2n) is 4.07. The zero-order valence-corrected chi connectivity index (χ0v) is 11.9. The number of esters is 1. The van der Waals surface area contributed by atoms with Crippen molar-refractivity contribution in [3.05, 3.63) is 46.7 Å². The zero-order valence-electron chi connectivity index (χ0n) is 11.1. The van der Waals surface area contributed by atoms with E-state index in [-0.39, 0.29) is 18.2 Å². The third kappa shape index (κ3) is 4.03. The van der Waals surface area contributed by atoms with E-state index in [2.05, 4.69) is 10.3 Å². The SMILES string of the molecule is CCOC(=O)Cc1csc(NCc2ccccc2F)n1. The summed E-state index contributed by atoms with van der Waals surface area (Å²) >= 11 is 1.38. The Morgan fingerprint density at radius 1 is 1.45 bits per heavy atom. The van der Waals surface area contributed by atoms with Crippen LogP contribution < -0.4 is 5.32 Å². The summed E-state index contributed by atoms with van der Waals surface area (Å²) in [5, 5.41) is 5.49. The fourth-order valence-electron chi connectivity index (χ4n) is 1.64. The molecule has 1 N–H and O–H groups in total. The summed E-state index contributed by atoms with van der Waals surface area (Å²) in [7, 11) is 0. The molecule has 0 fully saturated rings. The molecule has 1 aromatic carbocycles. The van der Waals surface area contributed by atoms with Gasteiger partial charge in [-0.1, -0.05) is 18.2 Å². The van der Waals surface area contributed by atoms with Crippen LogP contribution in [0.4, 0.5) is 9.52 Å². The third-order valence-electron chi connectivity index (χ3n) is 2.57. The van der Waals surface area contributed by atoms with Gasteiger partial charge in [0.1, 0.15) is 5.82 Å². The van der Waals surface area contributed by atoms with Gasteiger partial charge in [0.2, 0.25) is 0 Å². The summed E-state index contributed by atoms with van der Waals surface area (Å²) < 4.78 is 18.3. The first-order valence-corrected chi connectivity index (χ1v) is 7.14. The van der Waals surface area contributed by atoms with Gasteiger partial charge in [-0.2, -0.15) is 0 Å². The number of thiazole rings is 1. The molecule has 2 rings (SSSR count). The van der Waals surface area contributed by atoms with Gasteiger partial charge in [0, 0.05) is 17.5 Å². The minimum atomic E-state index is -0.293. The van der Waals surface area contributed by atoms with Crippen molar-refractivity contribution in [3.8, 4) is 0 Å². The molecule has 1 aromatic heterocycles. The van der Waals surface area contributed by atoms with Crippen LogP contribution in [0, 0.1) is 5.82 Å². The number of anilines is 1. The summed E-state index contributed by atoms with van der Waals surface area (Å²) in [4.78, 5) is 15.6. The first kappa shape index (κ1) is 14.5. The maximum atomic E-state index is 13.4. The highest BCUT2D eigenvalue weighted by Gasteiger charge is 2.08. The molecule has 0 aliphatic carbocycles. The van der Waals surface area contributed by atoms with E-state index in [1.807, 2.05) is 0 Å². The van der Waals surface area contributed by atoms with Gasteiger partial charge in [-0.15, -0.1) is 11.3 Å². The molecule has 6 heteroatoms. The average Bonchev–Trinajstić information content (AvgIpc) is 2.85. The molecular formula is C14H15FN2O2S. The number of halogens is 1. The van der Waals surface area contributed by atoms with Crippen LogP contribution in [0.25, 0.3) is 0 Å². The number of nitrogens with one attached hydrogen (secondary N) is 1. The third-order valence-corrected chi connectivity index (χ3v) is 3.42. The summed E-state index contributed by atoms with van der Waals surface area (Å²) in [5.74, 6) is -0.540. The van der Waals surface area contributed by atoms with Crippen LogP contribution in [0.1, 0.15) is 18.2 Å². The molecule has 0 atom stereocenters. The fourth-order valence-corrected chi connectivity index (χ4v) is 2.35. The predicted octanol–water partition coefficient (Wildman–Crippen LogP) is 3.00. The van der Waals surface area contributed by atoms with E-state index >= 15 is 0 Å². The highest BCUT2D eigenvalue weighted by Crippen LogP contribution is 2.17. The number of rotatable bonds is 6. The molecule has 0 spiro atoms. The Labute approximate surface area is 120 Å². The van der Waals surface area contributed by atoms with Gasteiger partial charge in [0.25, 0.3) is 0 Å². The van der Waals surface area contributed by atoms with E-state index in [4.69, 9.17) is 4.74 Å². The van der Waals surface area contributed by atoms with Gasteiger partial charge >= 0.3 is 5.97 Å². The van der Waals surface area contributed by atoms with Crippen molar-refractivity contribution < 1.29 is 13.9 Å². The Morgan fingerprint density at radius 3 is 3.00 bits per heavy atom. The number of benzene rings is 1. The molecule has 1 heterocycles. The van der Waals surface area contributed by atoms with Crippen LogP contribution in [0.3, 0.4) is 0 Å². The van der Waals surface area contributed by atoms with Crippen LogP contribution in [-0.2, 0) is 22.5 Å². The lowest BCUT2D eigenvalue weighted by Gasteiger charge is -2.03. The quantitative estimate of drug-likeness (QED) is 0.832. The standard InChI is InChI=1S/C14H15FN2O2S/c1-2-19-13(18)7-11-9-20-14(17-11)16-8-10-5-3-4-6-12(10)15/h3-6,9H,2,7-8H2,1H3,(H,16,17). The fraction of sp³-hybridized carbons (Fsp3) is 0.286. The van der Waals surface area contributed by atoms with Crippen LogP contribution in [0.5, 0.6) is 0 Å². The van der Waals surface area contributed by atoms with E-state index in [1.54, 1.807) is 30.5 Å². The molecule has 0 radical (unpaired) electrons. The number of hydrogen-bond donors (Lipinski definition) is 1. The summed E-state index contributed by atoms with van der Waals surface area (Å²) in [6.07, 6.45) is 0.158. The monoisotopic (exact) mass is 294 g/mol. The Bertz CT molecular complexity index is 586. The first-order valence-electron chi connectivity index (χ1n) is 6.26. The Morgan fingerprint density at radius 2 is 2.25 bits per heavy atom. The number of aromatic nitrogens is 1. The van der Waals surface area contributed by atoms with Crippen molar-refractivity contribution in [2.75, 3.05) is 11.9 Å². The van der Waals surface area contributed by atoms with Gasteiger partial charge in [-0.25, -0.2) is 9.37 Å². The van der Waals surface area contributed by atoms with Crippen molar-refractivity contribution in [3.63, 3.8) is 0 Å². The van der Waals surface area contributed by atoms with Crippen molar-refractivity contribution in [1.82, 2.24) is 4.98 Å². The Hall–Kier alpha value is -1.95. The average molecular weight is 294 g/mol. The molecule has 0 aliphatic rings. The van der Waals surface area contributed by atoms with E-state index in [0.717, 1.165) is 0 Å². The smallest absolute Gasteiger partial charge is 0.311 e. The van der Waals surface area contributed by atoms with E-state index < -0.39 is 0 Å². The number of nitrogens with zero attached hydrogens (tertiary/aromatic N) is 1. The normalized spacial score (nSPS) is 10.3. The maximum absolute atomic E-state index is 13.4. The van der Waals surface area contributed by atoms with Crippen molar-refractivity contribution in [2.24, 2.45) is 0 Å². The van der Waals surface area contributed by atoms with E-state index in [9.17, 15) is 9.18 Å². The lowest BCUT2D eigenvalue weighted by Crippen LogP contribution is -2.08. The zero-order chi connectivity index (χ0) is 14.4. The molecule has 0 saturated heterocycles. The highest BCUT2D eigenvalue weighted by atomic mass is 32.1. The van der Waals surface area contributed by atoms with Crippen molar-refractivity contribution in [2.45, 2.75) is 19.9 Å². The number of carbonyl (C=O) groups excluding carboxylic acids is 1. The van der Waals surface area contributed by atoms with Gasteiger partial charge in [0.05, 0.1) is 18.7 Å². The summed E-state index contributed by atoms with van der Waals surface area (Å²) in [5.41, 5.74) is 1.24. The van der Waals surface area contributed by atoms with Gasteiger partial charge in [-0.05, 0) is 13.0 Å². The molecule has 4 nitrogen and oxygen atoms in total. The molecule has 106 valence electrons. The molecule has 2 aromatic rings. The van der Waals surface area contributed by atoms with Gasteiger partial charge in [-0.3, -0.25) is 4.79 Å². The topological polar surface area (TPSA) is 51.2 Å². The van der Waals surface area contributed by atoms with Crippen LogP contribution >= 0.6 is 11.3 Å². The van der Waals surface area contributed by atoms with Crippen LogP contribution in [0.15, 0.2) is 29.6 Å². The minimum Gasteiger partial charge on any atom is -0.466 e. The molecule has 0 bridgehead atoms. The van der Waals surface area contributed by atoms with E-state index in [0.29, 0.717) is 29.5 Å². The second-order valence-corrected chi connectivity index (χ2v) is 4.93. The molecule has 0 unspecified atom stereocenters. The van der Waals surface area contributed by atoms with Crippen LogP contribution in [-0.4, -0.2) is 17.6 Å². The number of carbonyl (C=O) groups is 1. The molecular weight excluding hydrogens is 279 g/mol. The summed E-state index contributed by atoms with van der Waals surface area (Å²) in [6, 6.07) is 6.58. The van der Waals surface area contributed by atoms with Crippen LogP contribution in [0.2, 0.25) is 0 Å². The molecule has 20 heavy (non-hydrogen) atoms. The van der Waals surface area contributed by atoms with Crippen molar-refractivity contribution >= 4 is 22.4 Å². The van der Waals surface area contributed by atoms with Gasteiger partial charge in [0.15, 0.2) is 5.13 Å². The largest absolute Gasteiger partial charge is 0.466 e. The van der Waals surface area contributed by atoms with E-state index in [1.165, 1.54) is 17.4 Å². The Kier molecular flexibility index (Phi) is 5.06. The first-order chi connectivity index (χ1) is 9.69.